The van der Waals surface area contributed by atoms with Crippen LogP contribution in [0.4, 0.5) is 52.7 Å². The van der Waals surface area contributed by atoms with Crippen molar-refractivity contribution in [2.45, 2.75) is 116 Å². The third-order valence-corrected chi connectivity index (χ3v) is 11.7. The van der Waals surface area contributed by atoms with Crippen LogP contribution in [0.1, 0.15) is 97.6 Å². The SMILES string of the molecule is C[Si](C)=[Zr+2].Cc1cc(-c2cc(C(F)(F)F)cc(C(F)(F)F)c2)c2c(c1)=[C-]C(=CC1CCCCC1)C=2.Cc1cc(-c2cc(C(F)(F)F)cc(C(F)(F)F)c2)c2c(c1)=[C-]C(=CC1CCCCC1)C=2.[Cl-].[Cl-]. The average Bonchev–Trinajstić information content (AvgIpc) is 3.82. The fourth-order valence-corrected chi connectivity index (χ4v) is 8.79. The first-order chi connectivity index (χ1) is 30.7. The zero-order valence-corrected chi connectivity index (χ0v) is 42.6. The summed E-state index contributed by atoms with van der Waals surface area (Å²) in [4.78, 5) is 0. The van der Waals surface area contributed by atoms with Crippen LogP contribution in [-0.2, 0) is 48.0 Å². The van der Waals surface area contributed by atoms with Gasteiger partial charge in [0, 0.05) is 0 Å². The maximum absolute atomic E-state index is 13.3. The molecule has 0 nitrogen and oxygen atoms in total. The van der Waals surface area contributed by atoms with Gasteiger partial charge in [-0.15, -0.1) is 80.6 Å². The monoisotopic (exact) mass is 1090 g/mol. The molecule has 0 atom stereocenters. The zero-order chi connectivity index (χ0) is 48.4. The van der Waals surface area contributed by atoms with Crippen LogP contribution in [0.3, 0.4) is 0 Å². The number of hydrogen-bond acceptors (Lipinski definition) is 0. The summed E-state index contributed by atoms with van der Waals surface area (Å²) in [6, 6.07) is 10.5. The molecule has 364 valence electrons. The van der Waals surface area contributed by atoms with E-state index < -0.39 is 47.0 Å². The second-order valence-electron chi connectivity index (χ2n) is 17.7. The molecule has 4 aromatic rings. The van der Waals surface area contributed by atoms with Gasteiger partial charge < -0.3 is 24.8 Å². The largest absolute Gasteiger partial charge is 1.00 e. The molecule has 0 spiro atoms. The maximum Gasteiger partial charge on any atom is 0.416 e. The van der Waals surface area contributed by atoms with Crippen LogP contribution >= 0.6 is 0 Å². The summed E-state index contributed by atoms with van der Waals surface area (Å²) in [5.74, 6) is 0.855. The first-order valence-electron chi connectivity index (χ1n) is 21.8. The third kappa shape index (κ3) is 15.3. The summed E-state index contributed by atoms with van der Waals surface area (Å²) in [6.07, 6.45) is 6.41. The normalized spacial score (nSPS) is 17.4. The van der Waals surface area contributed by atoms with Crippen LogP contribution in [0.15, 0.2) is 84.0 Å². The van der Waals surface area contributed by atoms with Crippen molar-refractivity contribution in [3.63, 3.8) is 0 Å². The molecule has 0 unspecified atom stereocenters. The molecule has 0 N–H and O–H groups in total. The first kappa shape index (κ1) is 57.3. The summed E-state index contributed by atoms with van der Waals surface area (Å²) in [5, 5.41) is 2.62. The van der Waals surface area contributed by atoms with Gasteiger partial charge in [0.2, 0.25) is 0 Å². The van der Waals surface area contributed by atoms with Gasteiger partial charge in [0.25, 0.3) is 0 Å². The van der Waals surface area contributed by atoms with E-state index in [1.807, 2.05) is 24.3 Å². The van der Waals surface area contributed by atoms with E-state index >= 15 is 0 Å². The molecule has 16 heteroatoms. The minimum atomic E-state index is -4.88. The molecule has 0 aliphatic heterocycles. The third-order valence-electron chi connectivity index (χ3n) is 11.7. The van der Waals surface area contributed by atoms with Crippen LogP contribution in [0, 0.1) is 25.7 Å². The summed E-state index contributed by atoms with van der Waals surface area (Å²) < 4.78 is 160. The Kier molecular flexibility index (Phi) is 19.6. The molecule has 8 rings (SSSR count). The number of hydrogen-bond donors (Lipinski definition) is 0. The van der Waals surface area contributed by atoms with Crippen LogP contribution in [0.25, 0.3) is 46.6 Å². The summed E-state index contributed by atoms with van der Waals surface area (Å²) in [5.41, 5.74) is -1.33. The molecule has 4 aliphatic rings. The molecular formula is C52H48Cl2F12SiZr-2. The summed E-state index contributed by atoms with van der Waals surface area (Å²) in [6.45, 7) is 8.16. The van der Waals surface area contributed by atoms with E-state index in [2.05, 4.69) is 37.4 Å². The topological polar surface area (TPSA) is 0 Å². The Labute approximate surface area is 416 Å². The van der Waals surface area contributed by atoms with Crippen molar-refractivity contribution in [3.8, 4) is 22.3 Å². The van der Waals surface area contributed by atoms with Gasteiger partial charge in [-0.05, 0) is 73.2 Å². The second-order valence-corrected chi connectivity index (χ2v) is 27.1. The molecule has 68 heavy (non-hydrogen) atoms. The van der Waals surface area contributed by atoms with Crippen molar-refractivity contribution in [2.24, 2.45) is 11.8 Å². The van der Waals surface area contributed by atoms with Gasteiger partial charge in [-0.2, -0.15) is 52.7 Å². The van der Waals surface area contributed by atoms with Crippen molar-refractivity contribution in [3.05, 3.63) is 138 Å². The van der Waals surface area contributed by atoms with Gasteiger partial charge >= 0.3 is 66.6 Å². The summed E-state index contributed by atoms with van der Waals surface area (Å²) in [7, 11) is 0. The Morgan fingerprint density at radius 3 is 1.01 bits per heavy atom. The van der Waals surface area contributed by atoms with Gasteiger partial charge in [-0.25, -0.2) is 0 Å². The standard InChI is InChI=1S/2C25H21F6.C2H6Si.2ClH.Zr/c2*1-15-7-18-10-17(9-16-5-3-2-4-6-16)11-23(18)22(8-15)19-12-20(24(26,27)28)14-21(13-19)25(29,30)31;1-3-2;;;/h2*7-9,11-14,16H,2-6H2,1H3;1-2H3;2*1H;/q2*-1;;;;+2/p-2. The van der Waals surface area contributed by atoms with E-state index in [1.54, 1.807) is 49.3 Å². The van der Waals surface area contributed by atoms with Crippen molar-refractivity contribution < 1.29 is 101 Å². The van der Waals surface area contributed by atoms with Crippen LogP contribution < -0.4 is 45.7 Å². The van der Waals surface area contributed by atoms with Crippen LogP contribution in [0.5, 0.6) is 0 Å². The molecule has 2 fully saturated rings. The molecule has 0 heterocycles. The van der Waals surface area contributed by atoms with E-state index in [-0.39, 0.29) is 53.5 Å². The van der Waals surface area contributed by atoms with E-state index in [0.717, 1.165) is 97.9 Å². The molecular weight excluding hydrogens is 1040 g/mol. The first-order valence-corrected chi connectivity index (χ1v) is 28.0. The smallest absolute Gasteiger partial charge is 0.416 e. The molecule has 0 radical (unpaired) electrons. The Balaban J connectivity index is 0.000000268. The van der Waals surface area contributed by atoms with E-state index in [9.17, 15) is 52.7 Å². The Morgan fingerprint density at radius 1 is 0.471 bits per heavy atom. The number of rotatable bonds is 4. The number of alkyl halides is 12. The van der Waals surface area contributed by atoms with Crippen molar-refractivity contribution in [2.75, 3.05) is 0 Å². The number of allylic oxidation sites excluding steroid dienone is 4. The molecule has 0 aromatic heterocycles. The summed E-state index contributed by atoms with van der Waals surface area (Å²) >= 11 is 1.74. The maximum atomic E-state index is 13.3. The van der Waals surface area contributed by atoms with E-state index in [1.165, 1.54) is 12.8 Å². The van der Waals surface area contributed by atoms with Crippen molar-refractivity contribution in [1.82, 2.24) is 0 Å². The molecule has 0 amide bonds. The van der Waals surface area contributed by atoms with Gasteiger partial charge in [-0.3, -0.25) is 0 Å². The van der Waals surface area contributed by atoms with Gasteiger partial charge in [0.1, 0.15) is 0 Å². The van der Waals surface area contributed by atoms with Crippen molar-refractivity contribution in [1.29, 1.82) is 0 Å². The Bertz CT molecular complexity index is 2530. The zero-order valence-electron chi connectivity index (χ0n) is 37.6. The quantitative estimate of drug-likeness (QED) is 0.110. The molecule has 0 bridgehead atoms. The Morgan fingerprint density at radius 2 is 0.750 bits per heavy atom. The molecule has 2 saturated carbocycles. The Hall–Kier alpha value is -3.32. The molecule has 4 aromatic carbocycles. The average molecular weight is 1090 g/mol. The van der Waals surface area contributed by atoms with Gasteiger partial charge in [-0.1, -0.05) is 98.6 Å². The number of aryl methyl sites for hydroxylation is 2. The van der Waals surface area contributed by atoms with Crippen LogP contribution in [0.2, 0.25) is 13.1 Å². The minimum absolute atomic E-state index is 0. The number of benzene rings is 4. The van der Waals surface area contributed by atoms with Gasteiger partial charge in [0.05, 0.1) is 22.3 Å². The predicted octanol–water partition coefficient (Wildman–Crippen LogP) is 8.11. The fraction of sp³-hybridized carbons (Fsp3) is 0.385. The van der Waals surface area contributed by atoms with Crippen molar-refractivity contribution >= 4 is 29.7 Å². The number of halogens is 14. The minimum Gasteiger partial charge on any atom is -1.00 e. The predicted molar refractivity (Wildman–Crippen MR) is 234 cm³/mol. The van der Waals surface area contributed by atoms with Gasteiger partial charge in [0.15, 0.2) is 0 Å². The number of fused-ring (bicyclic) bond motifs is 2. The molecule has 4 aliphatic carbocycles. The van der Waals surface area contributed by atoms with E-state index in [4.69, 9.17) is 0 Å². The van der Waals surface area contributed by atoms with Crippen LogP contribution in [-0.4, -0.2) is 5.43 Å². The fourth-order valence-electron chi connectivity index (χ4n) is 8.79. The second kappa shape index (κ2) is 23.3. The van der Waals surface area contributed by atoms with E-state index in [0.29, 0.717) is 43.8 Å². The molecule has 0 saturated heterocycles.